The average Bonchev–Trinajstić information content (AvgIpc) is 3.02. The Kier molecular flexibility index (Phi) is 6.82. The van der Waals surface area contributed by atoms with Gasteiger partial charge in [-0.1, -0.05) is 18.5 Å². The highest BCUT2D eigenvalue weighted by molar-refractivity contribution is 6.30. The highest BCUT2D eigenvalue weighted by Gasteiger charge is 2.18. The van der Waals surface area contributed by atoms with Gasteiger partial charge < -0.3 is 15.4 Å². The Balaban J connectivity index is 2.00. The molecule has 0 bridgehead atoms. The minimum atomic E-state index is -0.379. The highest BCUT2D eigenvalue weighted by atomic mass is 35.5. The van der Waals surface area contributed by atoms with E-state index in [-0.39, 0.29) is 24.1 Å². The number of amides is 2. The van der Waals surface area contributed by atoms with Crippen molar-refractivity contribution in [1.29, 1.82) is 0 Å². The first-order valence-electron chi connectivity index (χ1n) is 8.07. The molecule has 0 aliphatic rings. The van der Waals surface area contributed by atoms with Gasteiger partial charge in [0, 0.05) is 24.3 Å². The maximum atomic E-state index is 12.2. The minimum Gasteiger partial charge on any atom is -0.484 e. The predicted octanol–water partition coefficient (Wildman–Crippen LogP) is 2.71. The second kappa shape index (κ2) is 9.08. The number of rotatable bonds is 8. The number of anilines is 1. The fourth-order valence-electron chi connectivity index (χ4n) is 2.03. The molecule has 0 unspecified atom stereocenters. The minimum absolute atomic E-state index is 0.186. The zero-order valence-electron chi connectivity index (χ0n) is 14.2. The topological polar surface area (TPSA) is 85.3 Å². The highest BCUT2D eigenvalue weighted by Crippen LogP contribution is 2.16. The molecule has 2 amide bonds. The van der Waals surface area contributed by atoms with Crippen molar-refractivity contribution in [2.24, 2.45) is 0 Å². The molecule has 7 nitrogen and oxygen atoms in total. The molecule has 25 heavy (non-hydrogen) atoms. The van der Waals surface area contributed by atoms with Crippen LogP contribution in [0.3, 0.4) is 0 Å². The molecule has 8 heteroatoms. The van der Waals surface area contributed by atoms with Crippen LogP contribution >= 0.6 is 11.6 Å². The SMILES string of the molecule is CCCNC(=O)c1nn(CC)cc1NC(=O)COc1ccc(Cl)cc1. The molecule has 0 saturated heterocycles. The van der Waals surface area contributed by atoms with E-state index in [0.29, 0.717) is 29.5 Å². The van der Waals surface area contributed by atoms with Crippen LogP contribution in [0.1, 0.15) is 30.8 Å². The van der Waals surface area contributed by atoms with E-state index in [1.807, 2.05) is 13.8 Å². The van der Waals surface area contributed by atoms with Crippen molar-refractivity contribution >= 4 is 29.1 Å². The Morgan fingerprint density at radius 3 is 2.60 bits per heavy atom. The maximum Gasteiger partial charge on any atom is 0.273 e. The van der Waals surface area contributed by atoms with Crippen molar-refractivity contribution in [3.05, 3.63) is 41.2 Å². The van der Waals surface area contributed by atoms with E-state index in [4.69, 9.17) is 16.3 Å². The second-order valence-electron chi connectivity index (χ2n) is 5.29. The van der Waals surface area contributed by atoms with Gasteiger partial charge >= 0.3 is 0 Å². The van der Waals surface area contributed by atoms with E-state index < -0.39 is 0 Å². The quantitative estimate of drug-likeness (QED) is 0.754. The molecule has 0 saturated carbocycles. The lowest BCUT2D eigenvalue weighted by atomic mass is 10.3. The van der Waals surface area contributed by atoms with Gasteiger partial charge in [-0.05, 0) is 37.6 Å². The molecule has 0 fully saturated rings. The number of benzene rings is 1. The van der Waals surface area contributed by atoms with Crippen LogP contribution in [0.4, 0.5) is 5.69 Å². The van der Waals surface area contributed by atoms with Gasteiger partial charge in [0.1, 0.15) is 5.75 Å². The Morgan fingerprint density at radius 1 is 1.24 bits per heavy atom. The lowest BCUT2D eigenvalue weighted by Crippen LogP contribution is -2.27. The smallest absolute Gasteiger partial charge is 0.273 e. The molecule has 2 N–H and O–H groups in total. The van der Waals surface area contributed by atoms with Gasteiger partial charge in [0.25, 0.3) is 11.8 Å². The summed E-state index contributed by atoms with van der Waals surface area (Å²) in [6.07, 6.45) is 2.44. The molecular weight excluding hydrogens is 344 g/mol. The first-order valence-corrected chi connectivity index (χ1v) is 8.45. The van der Waals surface area contributed by atoms with Crippen LogP contribution in [-0.2, 0) is 11.3 Å². The van der Waals surface area contributed by atoms with Crippen LogP contribution in [-0.4, -0.2) is 34.7 Å². The molecule has 1 aromatic carbocycles. The van der Waals surface area contributed by atoms with Gasteiger partial charge in [-0.25, -0.2) is 0 Å². The van der Waals surface area contributed by atoms with E-state index >= 15 is 0 Å². The second-order valence-corrected chi connectivity index (χ2v) is 5.73. The standard InChI is InChI=1S/C17H21ClN4O3/c1-3-9-19-17(24)16-14(10-22(4-2)21-16)20-15(23)11-25-13-7-5-12(18)6-8-13/h5-8,10H,3-4,9,11H2,1-2H3,(H,19,24)(H,20,23). The molecule has 0 atom stereocenters. The molecule has 1 aromatic heterocycles. The average molecular weight is 365 g/mol. The number of carbonyl (C=O) groups is 2. The number of carbonyl (C=O) groups excluding carboxylic acids is 2. The van der Waals surface area contributed by atoms with Crippen molar-refractivity contribution in [3.8, 4) is 5.75 Å². The van der Waals surface area contributed by atoms with Crippen LogP contribution in [0.5, 0.6) is 5.75 Å². The predicted molar refractivity (Wildman–Crippen MR) is 96.1 cm³/mol. The van der Waals surface area contributed by atoms with Crippen LogP contribution in [0.2, 0.25) is 5.02 Å². The summed E-state index contributed by atoms with van der Waals surface area (Å²) in [5.74, 6) is -0.164. The largest absolute Gasteiger partial charge is 0.484 e. The van der Waals surface area contributed by atoms with Gasteiger partial charge in [-0.3, -0.25) is 14.3 Å². The summed E-state index contributed by atoms with van der Waals surface area (Å²) in [5, 5.41) is 10.2. The zero-order chi connectivity index (χ0) is 18.2. The number of nitrogens with zero attached hydrogens (tertiary/aromatic N) is 2. The van der Waals surface area contributed by atoms with Gasteiger partial charge in [0.15, 0.2) is 12.3 Å². The van der Waals surface area contributed by atoms with E-state index in [0.717, 1.165) is 6.42 Å². The first-order chi connectivity index (χ1) is 12.0. The molecule has 2 aromatic rings. The Hall–Kier alpha value is -2.54. The molecule has 0 aliphatic heterocycles. The maximum absolute atomic E-state index is 12.2. The Morgan fingerprint density at radius 2 is 1.96 bits per heavy atom. The summed E-state index contributed by atoms with van der Waals surface area (Å²) in [6.45, 7) is 4.81. The van der Waals surface area contributed by atoms with Gasteiger partial charge in [0.05, 0.1) is 5.69 Å². The number of hydrogen-bond acceptors (Lipinski definition) is 4. The van der Waals surface area contributed by atoms with E-state index in [1.165, 1.54) is 0 Å². The number of halogens is 1. The third kappa shape index (κ3) is 5.49. The van der Waals surface area contributed by atoms with Crippen LogP contribution < -0.4 is 15.4 Å². The third-order valence-corrected chi connectivity index (χ3v) is 3.55. The number of ether oxygens (including phenoxy) is 1. The number of aromatic nitrogens is 2. The normalized spacial score (nSPS) is 10.4. The lowest BCUT2D eigenvalue weighted by molar-refractivity contribution is -0.118. The molecule has 0 aliphatic carbocycles. The van der Waals surface area contributed by atoms with Crippen molar-refractivity contribution in [1.82, 2.24) is 15.1 Å². The van der Waals surface area contributed by atoms with Gasteiger partial charge in [0.2, 0.25) is 0 Å². The summed E-state index contributed by atoms with van der Waals surface area (Å²) >= 11 is 5.80. The molecule has 1 heterocycles. The lowest BCUT2D eigenvalue weighted by Gasteiger charge is -2.07. The summed E-state index contributed by atoms with van der Waals surface area (Å²) in [7, 11) is 0. The summed E-state index contributed by atoms with van der Waals surface area (Å²) in [5.41, 5.74) is 0.551. The fourth-order valence-corrected chi connectivity index (χ4v) is 2.16. The molecule has 0 spiro atoms. The van der Waals surface area contributed by atoms with Crippen LogP contribution in [0, 0.1) is 0 Å². The Bertz CT molecular complexity index is 728. The number of aryl methyl sites for hydroxylation is 1. The summed E-state index contributed by atoms with van der Waals surface area (Å²) < 4.78 is 6.99. The summed E-state index contributed by atoms with van der Waals surface area (Å²) in [4.78, 5) is 24.3. The first kappa shape index (κ1) is 18.8. The third-order valence-electron chi connectivity index (χ3n) is 3.29. The van der Waals surface area contributed by atoms with Crippen molar-refractivity contribution in [3.63, 3.8) is 0 Å². The van der Waals surface area contributed by atoms with E-state index in [1.54, 1.807) is 35.1 Å². The van der Waals surface area contributed by atoms with E-state index in [2.05, 4.69) is 15.7 Å². The van der Waals surface area contributed by atoms with Gasteiger partial charge in [-0.2, -0.15) is 5.10 Å². The molecule has 0 radical (unpaired) electrons. The summed E-state index contributed by atoms with van der Waals surface area (Å²) in [6, 6.07) is 6.70. The van der Waals surface area contributed by atoms with E-state index in [9.17, 15) is 9.59 Å². The number of hydrogen-bond donors (Lipinski definition) is 2. The van der Waals surface area contributed by atoms with Crippen molar-refractivity contribution < 1.29 is 14.3 Å². The monoisotopic (exact) mass is 364 g/mol. The molecule has 134 valence electrons. The van der Waals surface area contributed by atoms with Crippen LogP contribution in [0.25, 0.3) is 0 Å². The van der Waals surface area contributed by atoms with Crippen molar-refractivity contribution in [2.75, 3.05) is 18.5 Å². The van der Waals surface area contributed by atoms with Crippen LogP contribution in [0.15, 0.2) is 30.5 Å². The Labute approximate surface area is 151 Å². The molecule has 2 rings (SSSR count). The van der Waals surface area contributed by atoms with Crippen molar-refractivity contribution in [2.45, 2.75) is 26.8 Å². The number of nitrogens with one attached hydrogen (secondary N) is 2. The fraction of sp³-hybridized carbons (Fsp3) is 0.353. The molecular formula is C17H21ClN4O3. The van der Waals surface area contributed by atoms with Gasteiger partial charge in [-0.15, -0.1) is 0 Å². The zero-order valence-corrected chi connectivity index (χ0v) is 15.0.